The molecular weight excluding hydrogens is 410 g/mol. The van der Waals surface area contributed by atoms with Crippen LogP contribution in [0.2, 0.25) is 0 Å². The molecule has 0 aliphatic heterocycles. The second-order valence-electron chi connectivity index (χ2n) is 4.36. The molecule has 1 N–H and O–H groups in total. The summed E-state index contributed by atoms with van der Waals surface area (Å²) >= 11 is 6.94. The van der Waals surface area contributed by atoms with Crippen molar-refractivity contribution < 1.29 is 13.2 Å². The maximum absolute atomic E-state index is 11.4. The van der Waals surface area contributed by atoms with Crippen molar-refractivity contribution in [3.8, 4) is 5.75 Å². The van der Waals surface area contributed by atoms with Crippen LogP contribution in [0.4, 0.5) is 0 Å². The van der Waals surface area contributed by atoms with E-state index in [9.17, 15) is 8.42 Å². The standard InChI is InChI=1S/C13H19Br2NO3S/c1-3-20(17,18)6-4-5-19-13-11(14)7-10(9-16-2)8-12(13)15/h7-8,16H,3-6,9H2,1-2H3. The molecule has 0 unspecified atom stereocenters. The molecule has 0 aliphatic rings. The lowest BCUT2D eigenvalue weighted by Crippen LogP contribution is -2.12. The van der Waals surface area contributed by atoms with Crippen molar-refractivity contribution in [2.24, 2.45) is 0 Å². The van der Waals surface area contributed by atoms with Gasteiger partial charge < -0.3 is 10.1 Å². The maximum Gasteiger partial charge on any atom is 0.150 e. The number of halogens is 2. The molecule has 0 radical (unpaired) electrons. The van der Waals surface area contributed by atoms with Gasteiger partial charge in [0.1, 0.15) is 15.6 Å². The molecule has 4 nitrogen and oxygen atoms in total. The van der Waals surface area contributed by atoms with Gasteiger partial charge in [-0.05, 0) is 63.0 Å². The van der Waals surface area contributed by atoms with E-state index in [-0.39, 0.29) is 11.5 Å². The number of hydrogen-bond donors (Lipinski definition) is 1. The molecule has 1 aromatic rings. The predicted molar refractivity (Wildman–Crippen MR) is 89.0 cm³/mol. The number of hydrogen-bond acceptors (Lipinski definition) is 4. The third-order valence-corrected chi connectivity index (χ3v) is 5.69. The molecule has 1 rings (SSSR count). The number of ether oxygens (including phenoxy) is 1. The van der Waals surface area contributed by atoms with E-state index in [0.29, 0.717) is 18.8 Å². The van der Waals surface area contributed by atoms with Crippen LogP contribution < -0.4 is 10.1 Å². The van der Waals surface area contributed by atoms with E-state index in [4.69, 9.17) is 4.74 Å². The molecule has 0 bridgehead atoms. The largest absolute Gasteiger partial charge is 0.491 e. The van der Waals surface area contributed by atoms with Crippen LogP contribution >= 0.6 is 31.9 Å². The summed E-state index contributed by atoms with van der Waals surface area (Å²) in [5.41, 5.74) is 1.13. The van der Waals surface area contributed by atoms with E-state index in [1.807, 2.05) is 19.2 Å². The van der Waals surface area contributed by atoms with Gasteiger partial charge in [0.05, 0.1) is 21.3 Å². The maximum atomic E-state index is 11.4. The quantitative estimate of drug-likeness (QED) is 0.646. The molecule has 0 aliphatic carbocycles. The number of benzene rings is 1. The van der Waals surface area contributed by atoms with Crippen LogP contribution in [-0.2, 0) is 16.4 Å². The first-order valence-electron chi connectivity index (χ1n) is 6.35. The van der Waals surface area contributed by atoms with Crippen molar-refractivity contribution in [1.29, 1.82) is 0 Å². The minimum atomic E-state index is -2.92. The van der Waals surface area contributed by atoms with Gasteiger partial charge in [-0.3, -0.25) is 0 Å². The number of nitrogens with one attached hydrogen (secondary N) is 1. The van der Waals surface area contributed by atoms with E-state index in [1.54, 1.807) is 6.92 Å². The minimum Gasteiger partial charge on any atom is -0.491 e. The number of sulfone groups is 1. The molecular formula is C13H19Br2NO3S. The summed E-state index contributed by atoms with van der Waals surface area (Å²) in [5.74, 6) is 1.05. The molecule has 0 saturated carbocycles. The van der Waals surface area contributed by atoms with Gasteiger partial charge in [0.25, 0.3) is 0 Å². The summed E-state index contributed by atoms with van der Waals surface area (Å²) in [6.07, 6.45) is 0.493. The van der Waals surface area contributed by atoms with Crippen LogP contribution in [0.3, 0.4) is 0 Å². The molecule has 114 valence electrons. The van der Waals surface area contributed by atoms with Crippen molar-refractivity contribution in [1.82, 2.24) is 5.32 Å². The topological polar surface area (TPSA) is 55.4 Å². The van der Waals surface area contributed by atoms with Gasteiger partial charge in [0.15, 0.2) is 0 Å². The highest BCUT2D eigenvalue weighted by molar-refractivity contribution is 9.11. The van der Waals surface area contributed by atoms with Crippen LogP contribution in [0.25, 0.3) is 0 Å². The Balaban J connectivity index is 2.60. The first-order valence-corrected chi connectivity index (χ1v) is 9.76. The molecule has 1 aromatic carbocycles. The summed E-state index contributed by atoms with van der Waals surface area (Å²) in [6, 6.07) is 3.97. The normalized spacial score (nSPS) is 11.6. The molecule has 0 aromatic heterocycles. The minimum absolute atomic E-state index is 0.163. The van der Waals surface area contributed by atoms with Gasteiger partial charge in [-0.15, -0.1) is 0 Å². The Hall–Kier alpha value is -0.110. The van der Waals surface area contributed by atoms with Crippen LogP contribution in [-0.4, -0.2) is 33.6 Å². The monoisotopic (exact) mass is 427 g/mol. The van der Waals surface area contributed by atoms with Crippen molar-refractivity contribution in [2.75, 3.05) is 25.2 Å². The van der Waals surface area contributed by atoms with E-state index in [1.165, 1.54) is 0 Å². The molecule has 0 atom stereocenters. The van der Waals surface area contributed by atoms with E-state index >= 15 is 0 Å². The highest BCUT2D eigenvalue weighted by Gasteiger charge is 2.10. The first kappa shape index (κ1) is 17.9. The van der Waals surface area contributed by atoms with Crippen molar-refractivity contribution in [2.45, 2.75) is 19.9 Å². The second kappa shape index (κ2) is 8.36. The third-order valence-electron chi connectivity index (χ3n) is 2.72. The lowest BCUT2D eigenvalue weighted by molar-refractivity contribution is 0.313. The van der Waals surface area contributed by atoms with E-state index in [0.717, 1.165) is 21.1 Å². The number of rotatable bonds is 8. The summed E-state index contributed by atoms with van der Waals surface area (Å²) in [6.45, 7) is 2.80. The predicted octanol–water partition coefficient (Wildman–Crippen LogP) is 3.13. The van der Waals surface area contributed by atoms with Gasteiger partial charge in [-0.25, -0.2) is 8.42 Å². The lowest BCUT2D eigenvalue weighted by atomic mass is 10.2. The average molecular weight is 429 g/mol. The highest BCUT2D eigenvalue weighted by atomic mass is 79.9. The molecule has 0 amide bonds. The lowest BCUT2D eigenvalue weighted by Gasteiger charge is -2.12. The second-order valence-corrected chi connectivity index (χ2v) is 8.54. The van der Waals surface area contributed by atoms with Gasteiger partial charge >= 0.3 is 0 Å². The van der Waals surface area contributed by atoms with Crippen LogP contribution in [0.15, 0.2) is 21.1 Å². The fourth-order valence-corrected chi connectivity index (χ4v) is 4.01. The fraction of sp³-hybridized carbons (Fsp3) is 0.538. The fourth-order valence-electron chi connectivity index (χ4n) is 1.65. The van der Waals surface area contributed by atoms with E-state index in [2.05, 4.69) is 37.2 Å². The zero-order chi connectivity index (χ0) is 15.2. The van der Waals surface area contributed by atoms with Crippen molar-refractivity contribution in [3.05, 3.63) is 26.6 Å². The molecule has 0 spiro atoms. The molecule has 20 heavy (non-hydrogen) atoms. The molecule has 7 heteroatoms. The van der Waals surface area contributed by atoms with Gasteiger partial charge in [-0.2, -0.15) is 0 Å². The van der Waals surface area contributed by atoms with Crippen LogP contribution in [0, 0.1) is 0 Å². The summed E-state index contributed by atoms with van der Waals surface area (Å²) < 4.78 is 30.1. The molecule has 0 fully saturated rings. The van der Waals surface area contributed by atoms with Crippen molar-refractivity contribution in [3.63, 3.8) is 0 Å². The molecule has 0 saturated heterocycles. The Kier molecular flexibility index (Phi) is 7.50. The van der Waals surface area contributed by atoms with Gasteiger partial charge in [0.2, 0.25) is 0 Å². The Morgan fingerprint density at radius 2 is 1.85 bits per heavy atom. The summed E-state index contributed by atoms with van der Waals surface area (Å²) in [5, 5.41) is 3.08. The van der Waals surface area contributed by atoms with Gasteiger partial charge in [-0.1, -0.05) is 6.92 Å². The summed E-state index contributed by atoms with van der Waals surface area (Å²) in [4.78, 5) is 0. The first-order chi connectivity index (χ1) is 9.39. The Bertz CT molecular complexity index is 524. The zero-order valence-corrected chi connectivity index (χ0v) is 15.6. The smallest absolute Gasteiger partial charge is 0.150 e. The Morgan fingerprint density at radius 1 is 1.25 bits per heavy atom. The highest BCUT2D eigenvalue weighted by Crippen LogP contribution is 2.34. The Labute approximate surface area is 137 Å². The van der Waals surface area contributed by atoms with Gasteiger partial charge in [0, 0.05) is 12.3 Å². The zero-order valence-electron chi connectivity index (χ0n) is 11.6. The SMILES string of the molecule is CCS(=O)(=O)CCCOc1c(Br)cc(CNC)cc1Br. The summed E-state index contributed by atoms with van der Waals surface area (Å²) in [7, 11) is -1.03. The van der Waals surface area contributed by atoms with Crippen LogP contribution in [0.1, 0.15) is 18.9 Å². The Morgan fingerprint density at radius 3 is 2.35 bits per heavy atom. The van der Waals surface area contributed by atoms with Crippen LogP contribution in [0.5, 0.6) is 5.75 Å². The van der Waals surface area contributed by atoms with Crippen molar-refractivity contribution >= 4 is 41.7 Å². The average Bonchev–Trinajstić information content (AvgIpc) is 2.37. The third kappa shape index (κ3) is 5.71. The van der Waals surface area contributed by atoms with E-state index < -0.39 is 9.84 Å². The molecule has 0 heterocycles.